The van der Waals surface area contributed by atoms with Gasteiger partial charge >= 0.3 is 0 Å². The molecule has 12 heteroatoms. The normalized spacial score (nSPS) is 16.1. The van der Waals surface area contributed by atoms with Gasteiger partial charge in [-0.25, -0.2) is 9.97 Å². The van der Waals surface area contributed by atoms with E-state index in [9.17, 15) is 4.79 Å². The van der Waals surface area contributed by atoms with E-state index < -0.39 is 0 Å². The molecule has 3 heterocycles. The van der Waals surface area contributed by atoms with E-state index in [-0.39, 0.29) is 43.1 Å². The molecule has 0 radical (unpaired) electrons. The lowest BCUT2D eigenvalue weighted by Crippen LogP contribution is -2.45. The van der Waals surface area contributed by atoms with Gasteiger partial charge in [0, 0.05) is 67.2 Å². The molecule has 2 aliphatic rings. The molecular formula is C23H30BrCl3N6OS. The van der Waals surface area contributed by atoms with Crippen molar-refractivity contribution in [2.75, 3.05) is 51.6 Å². The van der Waals surface area contributed by atoms with Crippen LogP contribution in [0.2, 0.25) is 0 Å². The smallest absolute Gasteiger partial charge is 0.252 e. The Balaban J connectivity index is 0.00000144. The molecule has 192 valence electrons. The zero-order chi connectivity index (χ0) is 22.1. The number of anilines is 1. The van der Waals surface area contributed by atoms with Gasteiger partial charge < -0.3 is 15.5 Å². The number of rotatable bonds is 7. The van der Waals surface area contributed by atoms with Crippen LogP contribution in [0.3, 0.4) is 0 Å². The summed E-state index contributed by atoms with van der Waals surface area (Å²) < 4.78 is 1.93. The fraction of sp³-hybridized carbons (Fsp3) is 0.435. The number of likely N-dealkylation sites (N-methyl/N-ethyl adjacent to an activating group) is 1. The Morgan fingerprint density at radius 3 is 2.63 bits per heavy atom. The van der Waals surface area contributed by atoms with E-state index in [0.717, 1.165) is 82.8 Å². The Kier molecular flexibility index (Phi) is 11.5. The molecule has 1 aliphatic heterocycles. The van der Waals surface area contributed by atoms with Crippen molar-refractivity contribution in [3.8, 4) is 10.6 Å². The lowest BCUT2D eigenvalue weighted by atomic mass is 10.1. The maximum atomic E-state index is 12.7. The maximum Gasteiger partial charge on any atom is 0.252 e. The molecule has 2 N–H and O–H groups in total. The summed E-state index contributed by atoms with van der Waals surface area (Å²) in [6, 6.07) is 8.32. The number of amides is 1. The van der Waals surface area contributed by atoms with Crippen molar-refractivity contribution in [2.45, 2.75) is 18.9 Å². The number of hydrogen-bond acceptors (Lipinski definition) is 7. The average molecular weight is 625 g/mol. The highest BCUT2D eigenvalue weighted by Gasteiger charge is 2.25. The number of halogens is 4. The van der Waals surface area contributed by atoms with Crippen LogP contribution in [-0.4, -0.2) is 78.0 Å². The highest BCUT2D eigenvalue weighted by atomic mass is 79.9. The second kappa shape index (κ2) is 13.4. The van der Waals surface area contributed by atoms with Crippen LogP contribution in [0.15, 0.2) is 34.9 Å². The summed E-state index contributed by atoms with van der Waals surface area (Å²) in [6.45, 7) is 6.22. The van der Waals surface area contributed by atoms with Crippen LogP contribution < -0.4 is 10.6 Å². The first kappa shape index (κ1) is 30.0. The Bertz CT molecular complexity index is 1140. The van der Waals surface area contributed by atoms with E-state index in [2.05, 4.69) is 60.5 Å². The summed E-state index contributed by atoms with van der Waals surface area (Å²) in [5.74, 6) is 0.636. The van der Waals surface area contributed by atoms with Crippen molar-refractivity contribution in [1.82, 2.24) is 25.1 Å². The number of aromatic nitrogens is 2. The Labute approximate surface area is 236 Å². The topological polar surface area (TPSA) is 73.4 Å². The third-order valence-corrected chi connectivity index (χ3v) is 7.69. The molecule has 1 amide bonds. The molecule has 1 aromatic carbocycles. The van der Waals surface area contributed by atoms with Crippen molar-refractivity contribution >= 4 is 86.4 Å². The minimum Gasteiger partial charge on any atom is -0.353 e. The Hall–Kier alpha value is -1.20. The summed E-state index contributed by atoms with van der Waals surface area (Å²) in [5.41, 5.74) is 1.57. The molecular weight excluding hydrogens is 595 g/mol. The first-order valence-electron chi connectivity index (χ1n) is 11.1. The van der Waals surface area contributed by atoms with E-state index in [1.54, 1.807) is 17.5 Å². The van der Waals surface area contributed by atoms with E-state index in [1.807, 2.05) is 12.1 Å². The van der Waals surface area contributed by atoms with Gasteiger partial charge in [-0.2, -0.15) is 0 Å². The number of hydrogen-bond donors (Lipinski definition) is 2. The van der Waals surface area contributed by atoms with Crippen molar-refractivity contribution in [2.24, 2.45) is 0 Å². The molecule has 0 bridgehead atoms. The van der Waals surface area contributed by atoms with Gasteiger partial charge in [-0.15, -0.1) is 48.6 Å². The van der Waals surface area contributed by atoms with Crippen molar-refractivity contribution in [3.63, 3.8) is 0 Å². The summed E-state index contributed by atoms with van der Waals surface area (Å²) in [4.78, 5) is 27.8. The van der Waals surface area contributed by atoms with Crippen LogP contribution in [0.1, 0.15) is 23.2 Å². The summed E-state index contributed by atoms with van der Waals surface area (Å²) in [5, 5.41) is 7.45. The van der Waals surface area contributed by atoms with Gasteiger partial charge in [0.15, 0.2) is 0 Å². The molecule has 2 aromatic heterocycles. The second-order valence-corrected chi connectivity index (χ2v) is 10.5. The number of nitrogens with one attached hydrogen (secondary N) is 2. The molecule has 1 saturated heterocycles. The number of piperazine rings is 1. The minimum atomic E-state index is 0. The molecule has 0 unspecified atom stereocenters. The highest BCUT2D eigenvalue weighted by molar-refractivity contribution is 9.10. The third kappa shape index (κ3) is 7.41. The molecule has 5 rings (SSSR count). The van der Waals surface area contributed by atoms with Gasteiger partial charge in [-0.1, -0.05) is 6.07 Å². The Morgan fingerprint density at radius 2 is 1.91 bits per heavy atom. The van der Waals surface area contributed by atoms with Gasteiger partial charge in [0.2, 0.25) is 5.95 Å². The summed E-state index contributed by atoms with van der Waals surface area (Å²) >= 11 is 5.26. The quantitative estimate of drug-likeness (QED) is 0.388. The number of carbonyl (C=O) groups excluding carboxylic acids is 1. The lowest BCUT2D eigenvalue weighted by molar-refractivity contribution is 0.0953. The minimum absolute atomic E-state index is 0. The third-order valence-electron chi connectivity index (χ3n) is 6.00. The predicted molar refractivity (Wildman–Crippen MR) is 155 cm³/mol. The molecule has 1 saturated carbocycles. The standard InChI is InChI=1S/C23H27BrN6OS.3ClH/c1-29-9-11-30(12-10-29)8-7-25-23-26-14-18(24)21(28-23)20-13-17-16(3-2-4-19(17)32-20)22(31)27-15-5-6-15;;;/h2-4,13-15H,5-12H2,1H3,(H,27,31)(H,25,26,28);3*1H. The second-order valence-electron chi connectivity index (χ2n) is 8.54. The molecule has 2 fully saturated rings. The van der Waals surface area contributed by atoms with Crippen LogP contribution in [-0.2, 0) is 0 Å². The fourth-order valence-corrected chi connectivity index (χ4v) is 5.52. The molecule has 0 spiro atoms. The van der Waals surface area contributed by atoms with E-state index in [0.29, 0.717) is 12.0 Å². The fourth-order valence-electron chi connectivity index (χ4n) is 3.89. The molecule has 7 nitrogen and oxygen atoms in total. The van der Waals surface area contributed by atoms with Crippen molar-refractivity contribution in [1.29, 1.82) is 0 Å². The molecule has 35 heavy (non-hydrogen) atoms. The number of nitrogens with zero attached hydrogens (tertiary/aromatic N) is 4. The summed E-state index contributed by atoms with van der Waals surface area (Å²) in [7, 11) is 2.17. The molecule has 1 aliphatic carbocycles. The van der Waals surface area contributed by atoms with E-state index in [4.69, 9.17) is 4.98 Å². The first-order valence-corrected chi connectivity index (χ1v) is 12.7. The van der Waals surface area contributed by atoms with Crippen LogP contribution in [0.25, 0.3) is 20.7 Å². The van der Waals surface area contributed by atoms with Crippen molar-refractivity contribution in [3.05, 3.63) is 40.5 Å². The Morgan fingerprint density at radius 1 is 1.17 bits per heavy atom. The lowest BCUT2D eigenvalue weighted by Gasteiger charge is -2.32. The van der Waals surface area contributed by atoms with Crippen LogP contribution in [0.5, 0.6) is 0 Å². The molecule has 0 atom stereocenters. The average Bonchev–Trinajstić information content (AvgIpc) is 3.50. The molecule has 3 aromatic rings. The largest absolute Gasteiger partial charge is 0.353 e. The number of thiophene rings is 1. The van der Waals surface area contributed by atoms with Gasteiger partial charge in [0.1, 0.15) is 5.69 Å². The first-order chi connectivity index (χ1) is 15.6. The van der Waals surface area contributed by atoms with E-state index >= 15 is 0 Å². The number of benzene rings is 1. The van der Waals surface area contributed by atoms with Gasteiger partial charge in [0.05, 0.1) is 9.35 Å². The van der Waals surface area contributed by atoms with Gasteiger partial charge in [0.25, 0.3) is 5.91 Å². The van der Waals surface area contributed by atoms with Gasteiger partial charge in [-0.05, 0) is 54.0 Å². The maximum absolute atomic E-state index is 12.7. The predicted octanol–water partition coefficient (Wildman–Crippen LogP) is 4.94. The van der Waals surface area contributed by atoms with Crippen LogP contribution >= 0.6 is 64.5 Å². The number of carbonyl (C=O) groups is 1. The summed E-state index contributed by atoms with van der Waals surface area (Å²) in [6.07, 6.45) is 3.95. The zero-order valence-corrected chi connectivity index (χ0v) is 24.2. The van der Waals surface area contributed by atoms with Crippen LogP contribution in [0.4, 0.5) is 5.95 Å². The van der Waals surface area contributed by atoms with Crippen molar-refractivity contribution < 1.29 is 4.79 Å². The monoisotopic (exact) mass is 622 g/mol. The number of fused-ring (bicyclic) bond motifs is 1. The zero-order valence-electron chi connectivity index (χ0n) is 19.3. The SMILES string of the molecule is CN1CCN(CCNc2ncc(Br)c(-c3cc4c(C(=O)NC5CC5)cccc4s3)n2)CC1.Cl.Cl.Cl. The van der Waals surface area contributed by atoms with Crippen LogP contribution in [0, 0.1) is 0 Å². The van der Waals surface area contributed by atoms with Gasteiger partial charge in [-0.3, -0.25) is 9.69 Å². The highest BCUT2D eigenvalue weighted by Crippen LogP contribution is 2.37. The van der Waals surface area contributed by atoms with E-state index in [1.165, 1.54) is 0 Å².